The first-order chi connectivity index (χ1) is 14.3. The number of hydrogen-bond donors (Lipinski definition) is 0. The molecule has 29 heavy (non-hydrogen) atoms. The summed E-state index contributed by atoms with van der Waals surface area (Å²) in [7, 11) is 0. The normalized spacial score (nSPS) is 10.9. The van der Waals surface area contributed by atoms with E-state index in [4.69, 9.17) is 9.47 Å². The highest BCUT2D eigenvalue weighted by Gasteiger charge is 2.13. The summed E-state index contributed by atoms with van der Waals surface area (Å²) in [5.74, 6) is 1.62. The van der Waals surface area contributed by atoms with Gasteiger partial charge in [0, 0.05) is 10.9 Å². The van der Waals surface area contributed by atoms with Gasteiger partial charge in [-0.1, -0.05) is 37.3 Å². The zero-order valence-electron chi connectivity index (χ0n) is 16.2. The van der Waals surface area contributed by atoms with Crippen LogP contribution in [0.15, 0.2) is 71.1 Å². The Hall–Kier alpha value is -3.12. The van der Waals surface area contributed by atoms with Crippen molar-refractivity contribution in [3.63, 3.8) is 0 Å². The Morgan fingerprint density at radius 2 is 1.69 bits per heavy atom. The van der Waals surface area contributed by atoms with Crippen molar-refractivity contribution in [1.29, 1.82) is 0 Å². The van der Waals surface area contributed by atoms with E-state index in [1.54, 1.807) is 10.9 Å². The molecule has 0 aliphatic heterocycles. The van der Waals surface area contributed by atoms with Crippen molar-refractivity contribution in [2.45, 2.75) is 19.9 Å². The van der Waals surface area contributed by atoms with E-state index in [0.29, 0.717) is 25.1 Å². The van der Waals surface area contributed by atoms with Crippen LogP contribution in [-0.2, 0) is 6.54 Å². The molecule has 0 unspecified atom stereocenters. The molecular weight excluding hydrogens is 384 g/mol. The summed E-state index contributed by atoms with van der Waals surface area (Å²) in [6.45, 7) is 3.62. The fourth-order valence-corrected chi connectivity index (χ4v) is 3.98. The van der Waals surface area contributed by atoms with Crippen molar-refractivity contribution in [1.82, 2.24) is 9.55 Å². The molecule has 5 nitrogen and oxygen atoms in total. The van der Waals surface area contributed by atoms with E-state index in [0.717, 1.165) is 33.9 Å². The summed E-state index contributed by atoms with van der Waals surface area (Å²) >= 11 is 1.48. The van der Waals surface area contributed by atoms with E-state index in [9.17, 15) is 4.79 Å². The number of nitrogens with zero attached hydrogens (tertiary/aromatic N) is 2. The van der Waals surface area contributed by atoms with Gasteiger partial charge in [0.15, 0.2) is 0 Å². The lowest BCUT2D eigenvalue weighted by molar-refractivity contribution is 0.296. The standard InChI is InChI=1S/C23H22N2O3S/c1-2-13-27-19-10-8-17(9-11-19)20-15-29-22-21(20)23(26)25(16-24-22)12-14-28-18-6-4-3-5-7-18/h3-11,15-16H,2,12-14H2,1H3. The number of benzene rings is 2. The molecule has 2 aromatic heterocycles. The fourth-order valence-electron chi connectivity index (χ4n) is 3.07. The maximum Gasteiger partial charge on any atom is 0.262 e. The van der Waals surface area contributed by atoms with Gasteiger partial charge in [-0.15, -0.1) is 11.3 Å². The van der Waals surface area contributed by atoms with E-state index in [-0.39, 0.29) is 5.56 Å². The highest BCUT2D eigenvalue weighted by Crippen LogP contribution is 2.31. The number of thiophene rings is 1. The van der Waals surface area contributed by atoms with Crippen molar-refractivity contribution in [3.8, 4) is 22.6 Å². The number of rotatable bonds is 8. The van der Waals surface area contributed by atoms with Crippen LogP contribution < -0.4 is 15.0 Å². The second-order valence-electron chi connectivity index (χ2n) is 6.61. The predicted octanol–water partition coefficient (Wildman–Crippen LogP) is 4.99. The quantitative estimate of drug-likeness (QED) is 0.414. The first-order valence-electron chi connectivity index (χ1n) is 9.64. The third-order valence-electron chi connectivity index (χ3n) is 4.54. The Morgan fingerprint density at radius 3 is 2.45 bits per heavy atom. The number of fused-ring (bicyclic) bond motifs is 1. The van der Waals surface area contributed by atoms with Crippen molar-refractivity contribution in [2.24, 2.45) is 0 Å². The molecule has 2 heterocycles. The van der Waals surface area contributed by atoms with Crippen molar-refractivity contribution >= 4 is 21.6 Å². The van der Waals surface area contributed by atoms with E-state index in [1.165, 1.54) is 11.3 Å². The molecule has 0 radical (unpaired) electrons. The summed E-state index contributed by atoms with van der Waals surface area (Å²) < 4.78 is 13.0. The summed E-state index contributed by atoms with van der Waals surface area (Å²) in [6, 6.07) is 17.4. The Balaban J connectivity index is 1.56. The van der Waals surface area contributed by atoms with Crippen LogP contribution >= 0.6 is 11.3 Å². The minimum absolute atomic E-state index is 0.0470. The largest absolute Gasteiger partial charge is 0.494 e. The SMILES string of the molecule is CCCOc1ccc(-c2csc3ncn(CCOc4ccccc4)c(=O)c23)cc1. The van der Waals surface area contributed by atoms with Gasteiger partial charge in [0.25, 0.3) is 5.56 Å². The van der Waals surface area contributed by atoms with E-state index >= 15 is 0 Å². The van der Waals surface area contributed by atoms with Crippen molar-refractivity contribution in [2.75, 3.05) is 13.2 Å². The molecule has 4 aromatic rings. The minimum atomic E-state index is -0.0470. The lowest BCUT2D eigenvalue weighted by atomic mass is 10.1. The molecule has 0 spiro atoms. The average molecular weight is 407 g/mol. The molecule has 2 aromatic carbocycles. The Labute approximate surface area is 173 Å². The summed E-state index contributed by atoms with van der Waals surface area (Å²) in [6.07, 6.45) is 2.57. The van der Waals surface area contributed by atoms with Crippen LogP contribution in [-0.4, -0.2) is 22.8 Å². The van der Waals surface area contributed by atoms with Gasteiger partial charge in [-0.25, -0.2) is 4.98 Å². The molecule has 0 aliphatic carbocycles. The molecule has 0 atom stereocenters. The van der Waals surface area contributed by atoms with E-state index in [1.807, 2.05) is 60.0 Å². The second kappa shape index (κ2) is 8.92. The maximum absolute atomic E-state index is 13.1. The second-order valence-corrected chi connectivity index (χ2v) is 7.47. The highest BCUT2D eigenvalue weighted by molar-refractivity contribution is 7.17. The van der Waals surface area contributed by atoms with Crippen LogP contribution in [0.4, 0.5) is 0 Å². The predicted molar refractivity (Wildman–Crippen MR) is 117 cm³/mol. The smallest absolute Gasteiger partial charge is 0.262 e. The number of para-hydroxylation sites is 1. The number of hydrogen-bond acceptors (Lipinski definition) is 5. The zero-order chi connectivity index (χ0) is 20.1. The molecule has 0 amide bonds. The molecule has 4 rings (SSSR count). The first kappa shape index (κ1) is 19.2. The van der Waals surface area contributed by atoms with Gasteiger partial charge in [0.05, 0.1) is 24.9 Å². The number of aromatic nitrogens is 2. The number of ether oxygens (including phenoxy) is 2. The lowest BCUT2D eigenvalue weighted by Crippen LogP contribution is -2.23. The van der Waals surface area contributed by atoms with Gasteiger partial charge >= 0.3 is 0 Å². The van der Waals surface area contributed by atoms with Crippen LogP contribution in [0, 0.1) is 0 Å². The third kappa shape index (κ3) is 4.32. The van der Waals surface area contributed by atoms with Gasteiger partial charge in [0.1, 0.15) is 22.9 Å². The summed E-state index contributed by atoms with van der Waals surface area (Å²) in [4.78, 5) is 18.3. The molecule has 148 valence electrons. The molecule has 0 saturated carbocycles. The fraction of sp³-hybridized carbons (Fsp3) is 0.217. The Kier molecular flexibility index (Phi) is 5.91. The molecule has 0 aliphatic rings. The molecule has 0 fully saturated rings. The molecule has 0 saturated heterocycles. The van der Waals surface area contributed by atoms with Crippen LogP contribution in [0.2, 0.25) is 0 Å². The topological polar surface area (TPSA) is 53.4 Å². The first-order valence-corrected chi connectivity index (χ1v) is 10.5. The van der Waals surface area contributed by atoms with Crippen LogP contribution in [0.5, 0.6) is 11.5 Å². The molecular formula is C23H22N2O3S. The lowest BCUT2D eigenvalue weighted by Gasteiger charge is -2.09. The third-order valence-corrected chi connectivity index (χ3v) is 5.43. The minimum Gasteiger partial charge on any atom is -0.494 e. The highest BCUT2D eigenvalue weighted by atomic mass is 32.1. The van der Waals surface area contributed by atoms with Gasteiger partial charge in [-0.2, -0.15) is 0 Å². The van der Waals surface area contributed by atoms with Crippen molar-refractivity contribution in [3.05, 3.63) is 76.7 Å². The monoisotopic (exact) mass is 406 g/mol. The van der Waals surface area contributed by atoms with Crippen LogP contribution in [0.3, 0.4) is 0 Å². The molecule has 0 bridgehead atoms. The summed E-state index contributed by atoms with van der Waals surface area (Å²) in [5.41, 5.74) is 1.84. The van der Waals surface area contributed by atoms with Gasteiger partial charge in [0.2, 0.25) is 0 Å². The molecule has 0 N–H and O–H groups in total. The van der Waals surface area contributed by atoms with Gasteiger partial charge in [-0.3, -0.25) is 9.36 Å². The van der Waals surface area contributed by atoms with Gasteiger partial charge in [-0.05, 0) is 36.2 Å². The maximum atomic E-state index is 13.1. The van der Waals surface area contributed by atoms with E-state index < -0.39 is 0 Å². The Morgan fingerprint density at radius 1 is 0.966 bits per heavy atom. The Bertz CT molecular complexity index is 1130. The summed E-state index contributed by atoms with van der Waals surface area (Å²) in [5, 5.41) is 2.64. The van der Waals surface area contributed by atoms with E-state index in [2.05, 4.69) is 11.9 Å². The van der Waals surface area contributed by atoms with Crippen LogP contribution in [0.25, 0.3) is 21.3 Å². The van der Waals surface area contributed by atoms with Crippen molar-refractivity contribution < 1.29 is 9.47 Å². The van der Waals surface area contributed by atoms with Crippen LogP contribution in [0.1, 0.15) is 13.3 Å². The average Bonchev–Trinajstić information content (AvgIpc) is 3.20. The van der Waals surface area contributed by atoms with Gasteiger partial charge < -0.3 is 9.47 Å². The molecule has 6 heteroatoms. The zero-order valence-corrected chi connectivity index (χ0v) is 17.0.